The van der Waals surface area contributed by atoms with E-state index in [1.54, 1.807) is 0 Å². The first-order valence-corrected chi connectivity index (χ1v) is 6.74. The fraction of sp³-hybridized carbons (Fsp3) is 1.00. The van der Waals surface area contributed by atoms with Crippen molar-refractivity contribution in [3.63, 3.8) is 0 Å². The highest BCUT2D eigenvalue weighted by Crippen LogP contribution is 2.42. The summed E-state index contributed by atoms with van der Waals surface area (Å²) in [5.74, 6) is 1.61. The molecule has 1 saturated carbocycles. The van der Waals surface area contributed by atoms with Gasteiger partial charge in [-0.1, -0.05) is 25.7 Å². The summed E-state index contributed by atoms with van der Waals surface area (Å²) in [5.41, 5.74) is 6.37. The minimum Gasteiger partial charge on any atom is -0.375 e. The first-order valence-electron chi connectivity index (χ1n) is 6.74. The van der Waals surface area contributed by atoms with Gasteiger partial charge in [0.1, 0.15) is 0 Å². The van der Waals surface area contributed by atoms with Gasteiger partial charge in [-0.15, -0.1) is 0 Å². The van der Waals surface area contributed by atoms with Crippen molar-refractivity contribution < 1.29 is 4.74 Å². The van der Waals surface area contributed by atoms with Gasteiger partial charge >= 0.3 is 0 Å². The van der Waals surface area contributed by atoms with Crippen molar-refractivity contribution in [2.24, 2.45) is 17.6 Å². The quantitative estimate of drug-likeness (QED) is 0.775. The van der Waals surface area contributed by atoms with Gasteiger partial charge in [0.05, 0.1) is 12.2 Å². The standard InChI is InChI=1S/C13H23NO/c14-12(7-9-3-1-2-4-9)11-8-10-5-6-13(11)15-10/h9-13H,1-8,14H2. The third-order valence-electron chi connectivity index (χ3n) is 4.78. The maximum atomic E-state index is 6.37. The zero-order valence-electron chi connectivity index (χ0n) is 9.53. The van der Waals surface area contributed by atoms with Gasteiger partial charge in [0.15, 0.2) is 0 Å². The molecule has 4 unspecified atom stereocenters. The Bertz CT molecular complexity index is 225. The molecule has 0 aromatic carbocycles. The molecule has 2 nitrogen and oxygen atoms in total. The van der Waals surface area contributed by atoms with Crippen molar-refractivity contribution in [1.29, 1.82) is 0 Å². The smallest absolute Gasteiger partial charge is 0.0623 e. The van der Waals surface area contributed by atoms with Crippen LogP contribution >= 0.6 is 0 Å². The highest BCUT2D eigenvalue weighted by Gasteiger charge is 2.43. The molecule has 2 heteroatoms. The summed E-state index contributed by atoms with van der Waals surface area (Å²) in [4.78, 5) is 0. The fourth-order valence-electron chi connectivity index (χ4n) is 3.93. The predicted octanol–water partition coefficient (Wildman–Crippen LogP) is 2.46. The lowest BCUT2D eigenvalue weighted by atomic mass is 9.80. The third kappa shape index (κ3) is 1.94. The molecule has 3 fully saturated rings. The van der Waals surface area contributed by atoms with Crippen LogP contribution in [-0.2, 0) is 4.74 Å². The molecular weight excluding hydrogens is 186 g/mol. The van der Waals surface area contributed by atoms with Crippen LogP contribution in [0.25, 0.3) is 0 Å². The van der Waals surface area contributed by atoms with E-state index in [1.165, 1.54) is 51.4 Å². The van der Waals surface area contributed by atoms with E-state index in [9.17, 15) is 0 Å². The molecule has 1 aliphatic carbocycles. The van der Waals surface area contributed by atoms with Gasteiger partial charge in [0, 0.05) is 12.0 Å². The SMILES string of the molecule is NC(CC1CCCC1)C1CC2CCC1O2. The largest absolute Gasteiger partial charge is 0.375 e. The number of hydrogen-bond donors (Lipinski definition) is 1. The van der Waals surface area contributed by atoms with Crippen LogP contribution in [0.1, 0.15) is 51.4 Å². The second kappa shape index (κ2) is 4.06. The molecule has 4 atom stereocenters. The predicted molar refractivity (Wildman–Crippen MR) is 60.6 cm³/mol. The summed E-state index contributed by atoms with van der Waals surface area (Å²) in [7, 11) is 0. The molecule has 86 valence electrons. The molecule has 2 bridgehead atoms. The maximum absolute atomic E-state index is 6.37. The lowest BCUT2D eigenvalue weighted by molar-refractivity contribution is 0.0868. The zero-order valence-corrected chi connectivity index (χ0v) is 9.53. The Kier molecular flexibility index (Phi) is 2.73. The molecule has 2 N–H and O–H groups in total. The van der Waals surface area contributed by atoms with Gasteiger partial charge in [-0.2, -0.15) is 0 Å². The molecule has 3 rings (SSSR count). The first-order chi connectivity index (χ1) is 7.33. The number of nitrogens with two attached hydrogens (primary N) is 1. The van der Waals surface area contributed by atoms with Crippen LogP contribution in [0.2, 0.25) is 0 Å². The van der Waals surface area contributed by atoms with Crippen LogP contribution < -0.4 is 5.73 Å². The Morgan fingerprint density at radius 1 is 1.13 bits per heavy atom. The highest BCUT2D eigenvalue weighted by atomic mass is 16.5. The Labute approximate surface area is 92.6 Å². The fourth-order valence-corrected chi connectivity index (χ4v) is 3.93. The van der Waals surface area contributed by atoms with E-state index in [4.69, 9.17) is 10.5 Å². The van der Waals surface area contributed by atoms with Crippen molar-refractivity contribution in [2.45, 2.75) is 69.6 Å². The van der Waals surface area contributed by atoms with E-state index in [2.05, 4.69) is 0 Å². The topological polar surface area (TPSA) is 35.2 Å². The second-order valence-electron chi connectivity index (χ2n) is 5.82. The summed E-state index contributed by atoms with van der Waals surface area (Å²) < 4.78 is 5.89. The van der Waals surface area contributed by atoms with Gasteiger partial charge in [0.2, 0.25) is 0 Å². The molecule has 0 radical (unpaired) electrons. The summed E-state index contributed by atoms with van der Waals surface area (Å²) in [6.45, 7) is 0. The second-order valence-corrected chi connectivity index (χ2v) is 5.82. The van der Waals surface area contributed by atoms with Crippen molar-refractivity contribution in [1.82, 2.24) is 0 Å². The van der Waals surface area contributed by atoms with E-state index in [-0.39, 0.29) is 0 Å². The normalized spacial score (nSPS) is 42.6. The van der Waals surface area contributed by atoms with E-state index in [0.717, 1.165) is 5.92 Å². The Hall–Kier alpha value is -0.0800. The van der Waals surface area contributed by atoms with Gasteiger partial charge in [0.25, 0.3) is 0 Å². The van der Waals surface area contributed by atoms with Crippen molar-refractivity contribution in [2.75, 3.05) is 0 Å². The van der Waals surface area contributed by atoms with Crippen LogP contribution in [0.15, 0.2) is 0 Å². The average Bonchev–Trinajstić information content (AvgIpc) is 2.93. The van der Waals surface area contributed by atoms with Gasteiger partial charge in [-0.25, -0.2) is 0 Å². The zero-order chi connectivity index (χ0) is 10.3. The van der Waals surface area contributed by atoms with E-state index < -0.39 is 0 Å². The van der Waals surface area contributed by atoms with Crippen LogP contribution in [-0.4, -0.2) is 18.2 Å². The first kappa shape index (κ1) is 10.1. The maximum Gasteiger partial charge on any atom is 0.0623 e. The number of ether oxygens (including phenoxy) is 1. The number of rotatable bonds is 3. The van der Waals surface area contributed by atoms with Crippen molar-refractivity contribution >= 4 is 0 Å². The molecule has 2 heterocycles. The Morgan fingerprint density at radius 3 is 2.53 bits per heavy atom. The van der Waals surface area contributed by atoms with Crippen LogP contribution in [0.4, 0.5) is 0 Å². The van der Waals surface area contributed by atoms with E-state index in [1.807, 2.05) is 0 Å². The average molecular weight is 209 g/mol. The third-order valence-corrected chi connectivity index (χ3v) is 4.78. The summed E-state index contributed by atoms with van der Waals surface area (Å²) in [6, 6.07) is 0.420. The highest BCUT2D eigenvalue weighted by molar-refractivity contribution is 4.94. The molecule has 2 saturated heterocycles. The summed E-state index contributed by atoms with van der Waals surface area (Å²) in [5, 5.41) is 0. The Morgan fingerprint density at radius 2 is 1.93 bits per heavy atom. The number of hydrogen-bond acceptors (Lipinski definition) is 2. The van der Waals surface area contributed by atoms with Crippen molar-refractivity contribution in [3.05, 3.63) is 0 Å². The van der Waals surface area contributed by atoms with Gasteiger partial charge in [-0.3, -0.25) is 0 Å². The van der Waals surface area contributed by atoms with Crippen LogP contribution in [0, 0.1) is 11.8 Å². The minimum absolute atomic E-state index is 0.420. The molecule has 2 aliphatic heterocycles. The molecule has 15 heavy (non-hydrogen) atoms. The summed E-state index contributed by atoms with van der Waals surface area (Å²) in [6.07, 6.45) is 11.9. The monoisotopic (exact) mass is 209 g/mol. The van der Waals surface area contributed by atoms with E-state index >= 15 is 0 Å². The van der Waals surface area contributed by atoms with Gasteiger partial charge in [-0.05, 0) is 31.6 Å². The summed E-state index contributed by atoms with van der Waals surface area (Å²) >= 11 is 0. The van der Waals surface area contributed by atoms with Crippen LogP contribution in [0.3, 0.4) is 0 Å². The molecule has 0 amide bonds. The molecule has 3 aliphatic rings. The lowest BCUT2D eigenvalue weighted by Crippen LogP contribution is -2.37. The number of fused-ring (bicyclic) bond motifs is 2. The Balaban J connectivity index is 1.53. The minimum atomic E-state index is 0.420. The van der Waals surface area contributed by atoms with Crippen molar-refractivity contribution in [3.8, 4) is 0 Å². The van der Waals surface area contributed by atoms with E-state index in [0.29, 0.717) is 24.2 Å². The molecule has 0 aromatic rings. The molecular formula is C13H23NO. The molecule has 0 spiro atoms. The van der Waals surface area contributed by atoms with Gasteiger partial charge < -0.3 is 10.5 Å². The molecule has 0 aromatic heterocycles. The van der Waals surface area contributed by atoms with Crippen LogP contribution in [0.5, 0.6) is 0 Å². The lowest BCUT2D eigenvalue weighted by Gasteiger charge is -2.27.